The van der Waals surface area contributed by atoms with E-state index >= 15 is 0 Å². The van der Waals surface area contributed by atoms with E-state index < -0.39 is 0 Å². The van der Waals surface area contributed by atoms with Gasteiger partial charge in [0.05, 0.1) is 19.3 Å². The second-order valence-electron chi connectivity index (χ2n) is 7.07. The minimum Gasteiger partial charge on any atom is -0.378 e. The average molecular weight is 331 g/mol. The average Bonchev–Trinajstić information content (AvgIpc) is 2.62. The van der Waals surface area contributed by atoms with E-state index in [2.05, 4.69) is 48.2 Å². The number of amides is 2. The van der Waals surface area contributed by atoms with Crippen molar-refractivity contribution in [2.45, 2.75) is 31.8 Å². The molecule has 1 aromatic rings. The summed E-state index contributed by atoms with van der Waals surface area (Å²) in [6.45, 7) is 4.54. The first-order valence-corrected chi connectivity index (χ1v) is 9.02. The maximum Gasteiger partial charge on any atom is 0.320 e. The van der Waals surface area contributed by atoms with Gasteiger partial charge >= 0.3 is 6.03 Å². The molecule has 2 amide bonds. The summed E-state index contributed by atoms with van der Waals surface area (Å²) in [5, 5.41) is 0. The van der Waals surface area contributed by atoms with Gasteiger partial charge in [-0.05, 0) is 44.5 Å². The molecule has 0 N–H and O–H groups in total. The van der Waals surface area contributed by atoms with Crippen molar-refractivity contribution < 1.29 is 9.53 Å². The largest absolute Gasteiger partial charge is 0.378 e. The highest BCUT2D eigenvalue weighted by atomic mass is 16.5. The molecule has 0 aliphatic carbocycles. The Labute approximate surface area is 145 Å². The Morgan fingerprint density at radius 3 is 2.50 bits per heavy atom. The van der Waals surface area contributed by atoms with Gasteiger partial charge in [0.25, 0.3) is 0 Å². The molecule has 0 bridgehead atoms. The number of ether oxygens (including phenoxy) is 1. The maximum atomic E-state index is 12.9. The number of rotatable bonds is 3. The summed E-state index contributed by atoms with van der Waals surface area (Å²) in [6, 6.07) is 9.19. The summed E-state index contributed by atoms with van der Waals surface area (Å²) in [6.07, 6.45) is 3.35. The molecule has 0 spiro atoms. The van der Waals surface area contributed by atoms with Crippen LogP contribution in [0, 0.1) is 0 Å². The number of urea groups is 1. The zero-order valence-corrected chi connectivity index (χ0v) is 14.9. The molecular weight excluding hydrogens is 302 g/mol. The molecule has 0 radical (unpaired) electrons. The fraction of sp³-hybridized carbons (Fsp3) is 0.632. The SMILES string of the molecule is CN(C)Cc1ccc(C2CCCCN2C(=O)N2CCOCC2)cc1. The molecule has 1 atom stereocenters. The highest BCUT2D eigenvalue weighted by Gasteiger charge is 2.31. The van der Waals surface area contributed by atoms with E-state index in [9.17, 15) is 4.79 Å². The van der Waals surface area contributed by atoms with Crippen LogP contribution in [0.4, 0.5) is 4.79 Å². The van der Waals surface area contributed by atoms with Crippen molar-refractivity contribution in [2.24, 2.45) is 0 Å². The van der Waals surface area contributed by atoms with Crippen molar-refractivity contribution in [2.75, 3.05) is 46.9 Å². The molecule has 0 saturated carbocycles. The zero-order chi connectivity index (χ0) is 16.9. The molecule has 2 aliphatic rings. The summed E-state index contributed by atoms with van der Waals surface area (Å²) in [7, 11) is 4.16. The Morgan fingerprint density at radius 1 is 1.12 bits per heavy atom. The lowest BCUT2D eigenvalue weighted by Gasteiger charge is -2.40. The molecule has 3 rings (SSSR count). The lowest BCUT2D eigenvalue weighted by molar-refractivity contribution is 0.0355. The quantitative estimate of drug-likeness (QED) is 0.854. The van der Waals surface area contributed by atoms with E-state index in [1.165, 1.54) is 17.5 Å². The number of likely N-dealkylation sites (tertiary alicyclic amines) is 1. The fourth-order valence-electron chi connectivity index (χ4n) is 3.65. The molecule has 0 aromatic heterocycles. The Hall–Kier alpha value is -1.59. The van der Waals surface area contributed by atoms with E-state index in [1.807, 2.05) is 4.90 Å². The number of carbonyl (C=O) groups excluding carboxylic acids is 1. The van der Waals surface area contributed by atoms with Gasteiger partial charge in [0.2, 0.25) is 0 Å². The van der Waals surface area contributed by atoms with Crippen molar-refractivity contribution in [1.82, 2.24) is 14.7 Å². The van der Waals surface area contributed by atoms with Gasteiger partial charge < -0.3 is 19.4 Å². The molecular formula is C19H29N3O2. The number of hydrogen-bond acceptors (Lipinski definition) is 3. The number of piperidine rings is 1. The highest BCUT2D eigenvalue weighted by molar-refractivity contribution is 5.75. The second-order valence-corrected chi connectivity index (χ2v) is 7.07. The van der Waals surface area contributed by atoms with E-state index in [-0.39, 0.29) is 12.1 Å². The van der Waals surface area contributed by atoms with E-state index in [0.29, 0.717) is 26.3 Å². The summed E-state index contributed by atoms with van der Waals surface area (Å²) < 4.78 is 5.38. The summed E-state index contributed by atoms with van der Waals surface area (Å²) in [5.41, 5.74) is 2.57. The van der Waals surface area contributed by atoms with Gasteiger partial charge in [0.1, 0.15) is 0 Å². The molecule has 1 unspecified atom stereocenters. The third-order valence-corrected chi connectivity index (χ3v) is 4.89. The van der Waals surface area contributed by atoms with Crippen LogP contribution in [-0.4, -0.2) is 67.7 Å². The van der Waals surface area contributed by atoms with Crippen LogP contribution in [0.2, 0.25) is 0 Å². The van der Waals surface area contributed by atoms with Crippen molar-refractivity contribution >= 4 is 6.03 Å². The number of morpholine rings is 1. The van der Waals surface area contributed by atoms with E-state index in [0.717, 1.165) is 25.9 Å². The monoisotopic (exact) mass is 331 g/mol. The summed E-state index contributed by atoms with van der Waals surface area (Å²) >= 11 is 0. The minimum atomic E-state index is 0.181. The van der Waals surface area contributed by atoms with Gasteiger partial charge in [-0.25, -0.2) is 4.79 Å². The Balaban J connectivity index is 1.72. The Morgan fingerprint density at radius 2 is 1.83 bits per heavy atom. The van der Waals surface area contributed by atoms with Crippen LogP contribution in [0.25, 0.3) is 0 Å². The van der Waals surface area contributed by atoms with Crippen LogP contribution in [0.3, 0.4) is 0 Å². The number of carbonyl (C=O) groups is 1. The lowest BCUT2D eigenvalue weighted by atomic mass is 9.94. The van der Waals surface area contributed by atoms with Crippen LogP contribution < -0.4 is 0 Å². The number of hydrogen-bond donors (Lipinski definition) is 0. The van der Waals surface area contributed by atoms with Gasteiger partial charge in [-0.1, -0.05) is 24.3 Å². The Kier molecular flexibility index (Phi) is 5.74. The van der Waals surface area contributed by atoms with Crippen LogP contribution in [0.5, 0.6) is 0 Å². The molecule has 2 fully saturated rings. The predicted molar refractivity (Wildman–Crippen MR) is 94.9 cm³/mol. The maximum absolute atomic E-state index is 12.9. The zero-order valence-electron chi connectivity index (χ0n) is 14.9. The van der Waals surface area contributed by atoms with Crippen LogP contribution in [-0.2, 0) is 11.3 Å². The summed E-state index contributed by atoms with van der Waals surface area (Å²) in [4.78, 5) is 19.1. The molecule has 5 heteroatoms. The normalized spacial score (nSPS) is 22.0. The standard InChI is InChI=1S/C19H29N3O2/c1-20(2)15-16-6-8-17(9-7-16)18-5-3-4-10-22(18)19(23)21-11-13-24-14-12-21/h6-9,18H,3-5,10-15H2,1-2H3. The second kappa shape index (κ2) is 7.99. The van der Waals surface area contributed by atoms with Crippen molar-refractivity contribution in [1.29, 1.82) is 0 Å². The molecule has 1 aromatic carbocycles. The van der Waals surface area contributed by atoms with E-state index in [1.54, 1.807) is 0 Å². The van der Waals surface area contributed by atoms with E-state index in [4.69, 9.17) is 4.74 Å². The van der Waals surface area contributed by atoms with Gasteiger partial charge in [0, 0.05) is 26.2 Å². The highest BCUT2D eigenvalue weighted by Crippen LogP contribution is 2.32. The number of nitrogens with zero attached hydrogens (tertiary/aromatic N) is 3. The van der Waals surface area contributed by atoms with Crippen molar-refractivity contribution in [3.05, 3.63) is 35.4 Å². The van der Waals surface area contributed by atoms with Crippen molar-refractivity contribution in [3.63, 3.8) is 0 Å². The first kappa shape index (κ1) is 17.2. The third-order valence-electron chi connectivity index (χ3n) is 4.89. The van der Waals surface area contributed by atoms with Crippen LogP contribution in [0.15, 0.2) is 24.3 Å². The topological polar surface area (TPSA) is 36.0 Å². The molecule has 132 valence electrons. The molecule has 2 saturated heterocycles. The van der Waals surface area contributed by atoms with Gasteiger partial charge in [-0.2, -0.15) is 0 Å². The van der Waals surface area contributed by atoms with Crippen LogP contribution >= 0.6 is 0 Å². The molecule has 2 aliphatic heterocycles. The van der Waals surface area contributed by atoms with Gasteiger partial charge in [-0.3, -0.25) is 0 Å². The molecule has 5 nitrogen and oxygen atoms in total. The summed E-state index contributed by atoms with van der Waals surface area (Å²) in [5.74, 6) is 0. The van der Waals surface area contributed by atoms with Gasteiger partial charge in [-0.15, -0.1) is 0 Å². The first-order chi connectivity index (χ1) is 11.6. The molecule has 24 heavy (non-hydrogen) atoms. The Bertz CT molecular complexity index is 538. The van der Waals surface area contributed by atoms with Gasteiger partial charge in [0.15, 0.2) is 0 Å². The number of benzene rings is 1. The fourth-order valence-corrected chi connectivity index (χ4v) is 3.65. The smallest absolute Gasteiger partial charge is 0.320 e. The molecule has 2 heterocycles. The first-order valence-electron chi connectivity index (χ1n) is 9.02. The van der Waals surface area contributed by atoms with Crippen molar-refractivity contribution in [3.8, 4) is 0 Å². The predicted octanol–water partition coefficient (Wildman–Crippen LogP) is 2.73. The van der Waals surface area contributed by atoms with Crippen LogP contribution in [0.1, 0.15) is 36.4 Å². The minimum absolute atomic E-state index is 0.181. The third kappa shape index (κ3) is 4.08. The lowest BCUT2D eigenvalue weighted by Crippen LogP contribution is -2.50.